The molecule has 126 valence electrons. The van der Waals surface area contributed by atoms with E-state index in [4.69, 9.17) is 15.2 Å². The van der Waals surface area contributed by atoms with Crippen molar-refractivity contribution in [2.24, 2.45) is 5.73 Å². The van der Waals surface area contributed by atoms with Crippen LogP contribution in [0.4, 0.5) is 4.79 Å². The zero-order valence-electron chi connectivity index (χ0n) is 13.8. The Morgan fingerprint density at radius 2 is 1.83 bits per heavy atom. The second-order valence-electron chi connectivity index (χ2n) is 6.53. The lowest BCUT2D eigenvalue weighted by Gasteiger charge is -2.31. The molecular weight excluding hydrogens is 292 g/mol. The molecule has 2 fully saturated rings. The summed E-state index contributed by atoms with van der Waals surface area (Å²) >= 11 is 0. The lowest BCUT2D eigenvalue weighted by atomic mass is 9.89. The Balaban J connectivity index is 1.71. The molecule has 2 amide bonds. The molecule has 0 aromatic heterocycles. The SMILES string of the molecule is COc1ccc(C2CCN(C(N)=O)CC2)cc1OC1CCCC1. The highest BCUT2D eigenvalue weighted by atomic mass is 16.5. The molecular formula is C18H26N2O3. The maximum absolute atomic E-state index is 11.2. The van der Waals surface area contributed by atoms with E-state index < -0.39 is 0 Å². The van der Waals surface area contributed by atoms with E-state index in [1.807, 2.05) is 6.07 Å². The van der Waals surface area contributed by atoms with Gasteiger partial charge in [0.2, 0.25) is 0 Å². The highest BCUT2D eigenvalue weighted by Gasteiger charge is 2.24. The van der Waals surface area contributed by atoms with Gasteiger partial charge in [0.1, 0.15) is 0 Å². The summed E-state index contributed by atoms with van der Waals surface area (Å²) in [6.45, 7) is 1.45. The second-order valence-corrected chi connectivity index (χ2v) is 6.53. The van der Waals surface area contributed by atoms with Crippen LogP contribution in [0.15, 0.2) is 18.2 Å². The molecule has 1 saturated heterocycles. The summed E-state index contributed by atoms with van der Waals surface area (Å²) < 4.78 is 11.6. The summed E-state index contributed by atoms with van der Waals surface area (Å²) in [5, 5.41) is 0. The van der Waals surface area contributed by atoms with Crippen molar-refractivity contribution in [1.82, 2.24) is 4.90 Å². The number of amides is 2. The standard InChI is InChI=1S/C18H26N2O3/c1-22-16-7-6-14(12-17(16)23-15-4-2-3-5-15)13-8-10-20(11-9-13)18(19)21/h6-7,12-13,15H,2-5,8-11H2,1H3,(H2,19,21). The average Bonchev–Trinajstić information content (AvgIpc) is 3.08. The monoisotopic (exact) mass is 318 g/mol. The first kappa shape index (κ1) is 16.0. The van der Waals surface area contributed by atoms with E-state index in [1.54, 1.807) is 12.0 Å². The molecule has 1 aromatic rings. The molecule has 3 rings (SSSR count). The number of benzene rings is 1. The molecule has 0 unspecified atom stereocenters. The molecule has 2 aliphatic rings. The molecule has 1 saturated carbocycles. The first-order valence-corrected chi connectivity index (χ1v) is 8.56. The van der Waals surface area contributed by atoms with Crippen LogP contribution in [0.3, 0.4) is 0 Å². The van der Waals surface area contributed by atoms with Gasteiger partial charge < -0.3 is 20.1 Å². The summed E-state index contributed by atoms with van der Waals surface area (Å²) in [6.07, 6.45) is 6.96. The van der Waals surface area contributed by atoms with Crippen LogP contribution in [-0.2, 0) is 0 Å². The van der Waals surface area contributed by atoms with Gasteiger partial charge in [0.05, 0.1) is 13.2 Å². The lowest BCUT2D eigenvalue weighted by Crippen LogP contribution is -2.41. The third-order valence-electron chi connectivity index (χ3n) is 5.06. The molecule has 1 aromatic carbocycles. The second kappa shape index (κ2) is 7.11. The molecule has 5 nitrogen and oxygen atoms in total. The van der Waals surface area contributed by atoms with Crippen LogP contribution in [0.2, 0.25) is 0 Å². The van der Waals surface area contributed by atoms with Crippen LogP contribution in [0.1, 0.15) is 50.0 Å². The van der Waals surface area contributed by atoms with Crippen molar-refractivity contribution in [2.75, 3.05) is 20.2 Å². The van der Waals surface area contributed by atoms with Crippen molar-refractivity contribution < 1.29 is 14.3 Å². The molecule has 0 bridgehead atoms. The van der Waals surface area contributed by atoms with Crippen LogP contribution in [-0.4, -0.2) is 37.2 Å². The van der Waals surface area contributed by atoms with Crippen molar-refractivity contribution >= 4 is 6.03 Å². The molecule has 23 heavy (non-hydrogen) atoms. The minimum absolute atomic E-state index is 0.316. The van der Waals surface area contributed by atoms with Crippen molar-refractivity contribution in [3.05, 3.63) is 23.8 Å². The molecule has 2 N–H and O–H groups in total. The van der Waals surface area contributed by atoms with Crippen LogP contribution in [0.5, 0.6) is 11.5 Å². The first-order valence-electron chi connectivity index (χ1n) is 8.56. The number of hydrogen-bond donors (Lipinski definition) is 1. The van der Waals surface area contributed by atoms with Gasteiger partial charge in [-0.1, -0.05) is 6.07 Å². The van der Waals surface area contributed by atoms with Crippen molar-refractivity contribution in [3.63, 3.8) is 0 Å². The highest BCUT2D eigenvalue weighted by molar-refractivity contribution is 5.72. The number of ether oxygens (including phenoxy) is 2. The molecule has 1 heterocycles. The minimum atomic E-state index is -0.316. The average molecular weight is 318 g/mol. The van der Waals surface area contributed by atoms with Gasteiger partial charge in [0.25, 0.3) is 0 Å². The normalized spacial score (nSPS) is 19.8. The molecule has 0 spiro atoms. The topological polar surface area (TPSA) is 64.8 Å². The fraction of sp³-hybridized carbons (Fsp3) is 0.611. The summed E-state index contributed by atoms with van der Waals surface area (Å²) in [7, 11) is 1.68. The Labute approximate surface area is 137 Å². The highest BCUT2D eigenvalue weighted by Crippen LogP contribution is 2.36. The van der Waals surface area contributed by atoms with Gasteiger partial charge in [0, 0.05) is 13.1 Å². The van der Waals surface area contributed by atoms with Gasteiger partial charge in [-0.3, -0.25) is 0 Å². The number of methoxy groups -OCH3 is 1. The van der Waals surface area contributed by atoms with Gasteiger partial charge in [-0.05, 0) is 62.1 Å². The number of carbonyl (C=O) groups excluding carboxylic acids is 1. The van der Waals surface area contributed by atoms with Crippen LogP contribution in [0.25, 0.3) is 0 Å². The number of rotatable bonds is 4. The van der Waals surface area contributed by atoms with E-state index in [2.05, 4.69) is 12.1 Å². The lowest BCUT2D eigenvalue weighted by molar-refractivity contribution is 0.189. The van der Waals surface area contributed by atoms with Crippen molar-refractivity contribution in [1.29, 1.82) is 0 Å². The quantitative estimate of drug-likeness (QED) is 0.926. The fourth-order valence-corrected chi connectivity index (χ4v) is 3.66. The van der Waals surface area contributed by atoms with Gasteiger partial charge in [0.15, 0.2) is 11.5 Å². The predicted octanol–water partition coefficient (Wildman–Crippen LogP) is 3.27. The number of nitrogens with zero attached hydrogens (tertiary/aromatic N) is 1. The smallest absolute Gasteiger partial charge is 0.314 e. The first-order chi connectivity index (χ1) is 11.2. The molecule has 5 heteroatoms. The summed E-state index contributed by atoms with van der Waals surface area (Å²) in [5.41, 5.74) is 6.62. The van der Waals surface area contributed by atoms with E-state index in [1.165, 1.54) is 18.4 Å². The number of carbonyl (C=O) groups is 1. The summed E-state index contributed by atoms with van der Waals surface area (Å²) in [4.78, 5) is 13.0. The Kier molecular flexibility index (Phi) is 4.94. The number of primary amides is 1. The van der Waals surface area contributed by atoms with E-state index in [-0.39, 0.29) is 6.03 Å². The molecule has 0 radical (unpaired) electrons. The minimum Gasteiger partial charge on any atom is -0.493 e. The van der Waals surface area contributed by atoms with Crippen LogP contribution >= 0.6 is 0 Å². The molecule has 1 aliphatic heterocycles. The number of urea groups is 1. The third kappa shape index (κ3) is 3.71. The third-order valence-corrected chi connectivity index (χ3v) is 5.06. The predicted molar refractivity (Wildman–Crippen MR) is 89.0 cm³/mol. The van der Waals surface area contributed by atoms with Gasteiger partial charge >= 0.3 is 6.03 Å². The Bertz CT molecular complexity index is 547. The molecule has 0 atom stereocenters. The van der Waals surface area contributed by atoms with Crippen LogP contribution in [0, 0.1) is 0 Å². The number of hydrogen-bond acceptors (Lipinski definition) is 3. The van der Waals surface area contributed by atoms with E-state index in [9.17, 15) is 4.79 Å². The van der Waals surface area contributed by atoms with E-state index >= 15 is 0 Å². The Hall–Kier alpha value is -1.91. The van der Waals surface area contributed by atoms with Gasteiger partial charge in [-0.15, -0.1) is 0 Å². The maximum atomic E-state index is 11.2. The Morgan fingerprint density at radius 1 is 1.13 bits per heavy atom. The van der Waals surface area contributed by atoms with E-state index in [0.29, 0.717) is 12.0 Å². The van der Waals surface area contributed by atoms with Crippen LogP contribution < -0.4 is 15.2 Å². The molecule has 1 aliphatic carbocycles. The fourth-order valence-electron chi connectivity index (χ4n) is 3.66. The van der Waals surface area contributed by atoms with E-state index in [0.717, 1.165) is 50.3 Å². The van der Waals surface area contributed by atoms with Crippen molar-refractivity contribution in [3.8, 4) is 11.5 Å². The summed E-state index contributed by atoms with van der Waals surface area (Å²) in [5.74, 6) is 2.10. The van der Waals surface area contributed by atoms with Gasteiger partial charge in [-0.25, -0.2) is 4.79 Å². The van der Waals surface area contributed by atoms with Gasteiger partial charge in [-0.2, -0.15) is 0 Å². The zero-order chi connectivity index (χ0) is 16.2. The Morgan fingerprint density at radius 3 is 2.43 bits per heavy atom. The maximum Gasteiger partial charge on any atom is 0.314 e. The zero-order valence-corrected chi connectivity index (χ0v) is 13.8. The number of nitrogens with two attached hydrogens (primary N) is 1. The number of likely N-dealkylation sites (tertiary alicyclic amines) is 1. The largest absolute Gasteiger partial charge is 0.493 e. The summed E-state index contributed by atoms with van der Waals surface area (Å²) in [6, 6.07) is 5.93. The van der Waals surface area contributed by atoms with Crippen molar-refractivity contribution in [2.45, 2.75) is 50.5 Å². The number of piperidine rings is 1.